The third-order valence-electron chi connectivity index (χ3n) is 3.48. The van der Waals surface area contributed by atoms with E-state index in [1.54, 1.807) is 4.90 Å². The van der Waals surface area contributed by atoms with Crippen molar-refractivity contribution in [1.82, 2.24) is 10.2 Å². The van der Waals surface area contributed by atoms with Gasteiger partial charge in [0.25, 0.3) is 0 Å². The van der Waals surface area contributed by atoms with Gasteiger partial charge in [0, 0.05) is 38.0 Å². The summed E-state index contributed by atoms with van der Waals surface area (Å²) in [5.41, 5.74) is 0. The van der Waals surface area contributed by atoms with Crippen LogP contribution in [0.15, 0.2) is 0 Å². The Balaban J connectivity index is 2.07. The number of rotatable bonds is 7. The minimum Gasteiger partial charge on any atom is -0.355 e. The first-order chi connectivity index (χ1) is 8.81. The number of carbonyl (C=O) groups is 1. The molecule has 0 saturated carbocycles. The summed E-state index contributed by atoms with van der Waals surface area (Å²) in [4.78, 5) is 13.4. The number of hydrogen-bond donors (Lipinski definition) is 1. The molecule has 0 aromatic rings. The predicted octanol–water partition coefficient (Wildman–Crippen LogP) is 2.42. The largest absolute Gasteiger partial charge is 0.390 e. The smallest absolute Gasteiger partial charge is 0.355 e. The second kappa shape index (κ2) is 7.12. The third kappa shape index (κ3) is 6.27. The number of hydrogen-bond acceptors (Lipinski definition) is 2. The van der Waals surface area contributed by atoms with Crippen LogP contribution in [0.2, 0.25) is 0 Å². The van der Waals surface area contributed by atoms with E-state index in [1.165, 1.54) is 0 Å². The first-order valence-electron chi connectivity index (χ1n) is 6.88. The highest BCUT2D eigenvalue weighted by molar-refractivity contribution is 5.78. The Morgan fingerprint density at radius 3 is 2.58 bits per heavy atom. The van der Waals surface area contributed by atoms with Crippen LogP contribution >= 0.6 is 0 Å². The molecule has 6 heteroatoms. The lowest BCUT2D eigenvalue weighted by atomic mass is 9.99. The van der Waals surface area contributed by atoms with Crippen molar-refractivity contribution in [2.24, 2.45) is 11.8 Å². The third-order valence-corrected chi connectivity index (χ3v) is 3.48. The van der Waals surface area contributed by atoms with Crippen molar-refractivity contribution in [2.45, 2.75) is 39.3 Å². The Bertz CT molecular complexity index is 288. The predicted molar refractivity (Wildman–Crippen MR) is 67.7 cm³/mol. The minimum atomic E-state index is -4.07. The molecule has 0 spiro atoms. The van der Waals surface area contributed by atoms with Crippen LogP contribution in [0.4, 0.5) is 13.2 Å². The van der Waals surface area contributed by atoms with Crippen LogP contribution in [0.1, 0.15) is 33.1 Å². The van der Waals surface area contributed by atoms with Crippen molar-refractivity contribution in [3.8, 4) is 0 Å². The molecule has 1 aliphatic heterocycles. The molecule has 1 amide bonds. The van der Waals surface area contributed by atoms with Crippen molar-refractivity contribution < 1.29 is 18.0 Å². The molecule has 1 N–H and O–H groups in total. The number of likely N-dealkylation sites (tertiary alicyclic amines) is 1. The molecule has 0 aliphatic carbocycles. The second-order valence-electron chi connectivity index (χ2n) is 5.43. The van der Waals surface area contributed by atoms with Crippen molar-refractivity contribution in [2.75, 3.05) is 26.2 Å². The highest BCUT2D eigenvalue weighted by Gasteiger charge is 2.32. The Morgan fingerprint density at radius 1 is 1.42 bits per heavy atom. The van der Waals surface area contributed by atoms with Gasteiger partial charge in [0.1, 0.15) is 0 Å². The van der Waals surface area contributed by atoms with Gasteiger partial charge >= 0.3 is 6.18 Å². The molecule has 1 rings (SSSR count). The quantitative estimate of drug-likeness (QED) is 0.777. The summed E-state index contributed by atoms with van der Waals surface area (Å²) in [6.07, 6.45) is -2.98. The van der Waals surface area contributed by atoms with Crippen LogP contribution in [0, 0.1) is 11.8 Å². The lowest BCUT2D eigenvalue weighted by molar-refractivity contribution is -0.141. The van der Waals surface area contributed by atoms with Crippen LogP contribution in [-0.2, 0) is 4.79 Å². The van der Waals surface area contributed by atoms with E-state index < -0.39 is 12.6 Å². The fourth-order valence-corrected chi connectivity index (χ4v) is 2.26. The van der Waals surface area contributed by atoms with Gasteiger partial charge in [0.15, 0.2) is 0 Å². The SMILES string of the molecule is CCCC(C)C(=O)NCC1CN(CCC(F)(F)F)C1. The molecule has 1 heterocycles. The Morgan fingerprint density at radius 2 is 2.05 bits per heavy atom. The zero-order chi connectivity index (χ0) is 14.5. The lowest BCUT2D eigenvalue weighted by Gasteiger charge is -2.39. The van der Waals surface area contributed by atoms with Gasteiger partial charge in [-0.25, -0.2) is 0 Å². The standard InChI is InChI=1S/C13H23F3N2O/c1-3-4-10(2)12(19)17-7-11-8-18(9-11)6-5-13(14,15)16/h10-11H,3-9H2,1-2H3,(H,17,19). The number of carbonyl (C=O) groups excluding carboxylic acids is 1. The van der Waals surface area contributed by atoms with Crippen molar-refractivity contribution >= 4 is 5.91 Å². The molecule has 0 bridgehead atoms. The van der Waals surface area contributed by atoms with E-state index in [4.69, 9.17) is 0 Å². The van der Waals surface area contributed by atoms with Gasteiger partial charge in [-0.15, -0.1) is 0 Å². The molecule has 1 atom stereocenters. The van der Waals surface area contributed by atoms with Gasteiger partial charge in [-0.05, 0) is 6.42 Å². The molecule has 0 aromatic heterocycles. The molecular formula is C13H23F3N2O. The number of nitrogens with zero attached hydrogens (tertiary/aromatic N) is 1. The highest BCUT2D eigenvalue weighted by atomic mass is 19.4. The average molecular weight is 280 g/mol. The maximum Gasteiger partial charge on any atom is 0.390 e. The van der Waals surface area contributed by atoms with E-state index >= 15 is 0 Å². The first-order valence-corrected chi connectivity index (χ1v) is 6.88. The van der Waals surface area contributed by atoms with Crippen LogP contribution in [0.5, 0.6) is 0 Å². The molecule has 3 nitrogen and oxygen atoms in total. The summed E-state index contributed by atoms with van der Waals surface area (Å²) in [7, 11) is 0. The summed E-state index contributed by atoms with van der Waals surface area (Å²) in [5.74, 6) is 0.369. The number of nitrogens with one attached hydrogen (secondary N) is 1. The second-order valence-corrected chi connectivity index (χ2v) is 5.43. The fourth-order valence-electron chi connectivity index (χ4n) is 2.26. The molecule has 1 saturated heterocycles. The monoisotopic (exact) mass is 280 g/mol. The molecule has 1 aliphatic rings. The molecule has 0 aromatic carbocycles. The number of halogens is 3. The van der Waals surface area contributed by atoms with Gasteiger partial charge in [-0.2, -0.15) is 13.2 Å². The summed E-state index contributed by atoms with van der Waals surface area (Å²) < 4.78 is 36.0. The maximum absolute atomic E-state index is 12.0. The summed E-state index contributed by atoms with van der Waals surface area (Å²) in [6.45, 7) is 5.89. The topological polar surface area (TPSA) is 32.3 Å². The zero-order valence-corrected chi connectivity index (χ0v) is 11.6. The van der Waals surface area contributed by atoms with Crippen molar-refractivity contribution in [1.29, 1.82) is 0 Å². The fraction of sp³-hybridized carbons (Fsp3) is 0.923. The van der Waals surface area contributed by atoms with E-state index in [1.807, 2.05) is 13.8 Å². The average Bonchev–Trinajstić information content (AvgIpc) is 2.24. The van der Waals surface area contributed by atoms with E-state index in [2.05, 4.69) is 5.32 Å². The minimum absolute atomic E-state index is 0.0198. The molecule has 112 valence electrons. The van der Waals surface area contributed by atoms with Gasteiger partial charge in [-0.1, -0.05) is 20.3 Å². The van der Waals surface area contributed by atoms with Crippen LogP contribution in [-0.4, -0.2) is 43.2 Å². The van der Waals surface area contributed by atoms with E-state index in [0.29, 0.717) is 25.6 Å². The van der Waals surface area contributed by atoms with Gasteiger partial charge in [0.2, 0.25) is 5.91 Å². The van der Waals surface area contributed by atoms with Crippen LogP contribution in [0.25, 0.3) is 0 Å². The molecule has 0 radical (unpaired) electrons. The van der Waals surface area contributed by atoms with E-state index in [9.17, 15) is 18.0 Å². The Kier molecular flexibility index (Phi) is 6.10. The summed E-state index contributed by atoms with van der Waals surface area (Å²) >= 11 is 0. The number of alkyl halides is 3. The van der Waals surface area contributed by atoms with Gasteiger partial charge < -0.3 is 10.2 Å². The molecule has 1 unspecified atom stereocenters. The van der Waals surface area contributed by atoms with Crippen LogP contribution < -0.4 is 5.32 Å². The molecule has 1 fully saturated rings. The molecule has 19 heavy (non-hydrogen) atoms. The number of amides is 1. The summed E-state index contributed by atoms with van der Waals surface area (Å²) in [6, 6.07) is 0. The summed E-state index contributed by atoms with van der Waals surface area (Å²) in [5, 5.41) is 2.87. The van der Waals surface area contributed by atoms with Crippen LogP contribution in [0.3, 0.4) is 0 Å². The van der Waals surface area contributed by atoms with E-state index in [-0.39, 0.29) is 18.4 Å². The van der Waals surface area contributed by atoms with Gasteiger partial charge in [-0.3, -0.25) is 4.79 Å². The van der Waals surface area contributed by atoms with Gasteiger partial charge in [0.05, 0.1) is 6.42 Å². The zero-order valence-electron chi connectivity index (χ0n) is 11.6. The normalized spacial score (nSPS) is 19.0. The first kappa shape index (κ1) is 16.3. The Hall–Kier alpha value is -0.780. The highest BCUT2D eigenvalue weighted by Crippen LogP contribution is 2.23. The van der Waals surface area contributed by atoms with Crippen molar-refractivity contribution in [3.63, 3.8) is 0 Å². The maximum atomic E-state index is 12.0. The lowest BCUT2D eigenvalue weighted by Crippen LogP contribution is -2.52. The van der Waals surface area contributed by atoms with E-state index in [0.717, 1.165) is 12.8 Å². The Labute approximate surface area is 112 Å². The molecular weight excluding hydrogens is 257 g/mol. The van der Waals surface area contributed by atoms with Crippen molar-refractivity contribution in [3.05, 3.63) is 0 Å².